The Balaban J connectivity index is 2.36. The van der Waals surface area contributed by atoms with Gasteiger partial charge in [0.1, 0.15) is 5.82 Å². The Morgan fingerprint density at radius 2 is 1.70 bits per heavy atom. The summed E-state index contributed by atoms with van der Waals surface area (Å²) in [6.07, 6.45) is 0. The van der Waals surface area contributed by atoms with Gasteiger partial charge in [0, 0.05) is 10.7 Å². The Labute approximate surface area is 123 Å². The van der Waals surface area contributed by atoms with Crippen LogP contribution in [0.15, 0.2) is 18.2 Å². The third-order valence-corrected chi connectivity index (χ3v) is 3.54. The molecule has 2 rings (SSSR count). The van der Waals surface area contributed by atoms with Crippen molar-refractivity contribution in [3.63, 3.8) is 0 Å². The molecular weight excluding hydrogens is 274 g/mol. The van der Waals surface area contributed by atoms with Gasteiger partial charge < -0.3 is 5.32 Å². The number of nitrogens with zero attached hydrogens (tertiary/aromatic N) is 2. The summed E-state index contributed by atoms with van der Waals surface area (Å²) < 4.78 is 0. The van der Waals surface area contributed by atoms with Crippen molar-refractivity contribution in [2.24, 2.45) is 0 Å². The highest BCUT2D eigenvalue weighted by molar-refractivity contribution is 6.31. The molecule has 4 nitrogen and oxygen atoms in total. The topological polar surface area (TPSA) is 54.9 Å². The van der Waals surface area contributed by atoms with Gasteiger partial charge in [-0.3, -0.25) is 4.79 Å². The van der Waals surface area contributed by atoms with E-state index in [1.54, 1.807) is 26.0 Å². The highest BCUT2D eigenvalue weighted by Crippen LogP contribution is 2.24. The molecule has 0 fully saturated rings. The smallest absolute Gasteiger partial charge is 0.259 e. The largest absolute Gasteiger partial charge is 0.322 e. The summed E-state index contributed by atoms with van der Waals surface area (Å²) >= 11 is 6.05. The summed E-state index contributed by atoms with van der Waals surface area (Å²) in [6.45, 7) is 7.29. The van der Waals surface area contributed by atoms with Crippen LogP contribution in [0.2, 0.25) is 5.02 Å². The van der Waals surface area contributed by atoms with E-state index in [2.05, 4.69) is 15.3 Å². The predicted octanol–water partition coefficient (Wildman–Crippen LogP) is 3.62. The average Bonchev–Trinajstić information content (AvgIpc) is 2.33. The maximum atomic E-state index is 12.4. The van der Waals surface area contributed by atoms with Crippen molar-refractivity contribution in [2.75, 3.05) is 5.32 Å². The second kappa shape index (κ2) is 5.59. The summed E-state index contributed by atoms with van der Waals surface area (Å²) in [5.74, 6) is 0.445. The van der Waals surface area contributed by atoms with Crippen LogP contribution in [-0.2, 0) is 0 Å². The highest BCUT2D eigenvalue weighted by Gasteiger charge is 2.16. The van der Waals surface area contributed by atoms with Crippen LogP contribution in [0.3, 0.4) is 0 Å². The number of aryl methyl sites for hydroxylation is 3. The number of aromatic nitrogens is 2. The molecule has 0 radical (unpaired) electrons. The molecular formula is C15H16ClN3O. The molecule has 0 saturated heterocycles. The number of carbonyl (C=O) groups is 1. The first kappa shape index (κ1) is 14.5. The van der Waals surface area contributed by atoms with Gasteiger partial charge in [-0.05, 0) is 45.4 Å². The van der Waals surface area contributed by atoms with Crippen LogP contribution in [0.1, 0.15) is 33.1 Å². The lowest BCUT2D eigenvalue weighted by Crippen LogP contribution is -2.18. The molecule has 0 atom stereocenters. The lowest BCUT2D eigenvalue weighted by molar-refractivity contribution is 0.102. The predicted molar refractivity (Wildman–Crippen MR) is 80.4 cm³/mol. The van der Waals surface area contributed by atoms with E-state index in [1.165, 1.54) is 0 Å². The number of halogens is 1. The van der Waals surface area contributed by atoms with Crippen molar-refractivity contribution in [3.8, 4) is 0 Å². The van der Waals surface area contributed by atoms with Gasteiger partial charge in [0.2, 0.25) is 0 Å². The number of amides is 1. The number of nitrogens with one attached hydrogen (secondary N) is 1. The van der Waals surface area contributed by atoms with Crippen LogP contribution in [0.5, 0.6) is 0 Å². The van der Waals surface area contributed by atoms with Crippen molar-refractivity contribution in [1.29, 1.82) is 0 Å². The summed E-state index contributed by atoms with van der Waals surface area (Å²) in [5, 5.41) is 3.49. The maximum Gasteiger partial charge on any atom is 0.259 e. The summed E-state index contributed by atoms with van der Waals surface area (Å²) in [7, 11) is 0. The fourth-order valence-corrected chi connectivity index (χ4v) is 2.31. The van der Waals surface area contributed by atoms with Crippen LogP contribution >= 0.6 is 11.6 Å². The Morgan fingerprint density at radius 3 is 2.30 bits per heavy atom. The molecule has 104 valence electrons. The molecule has 5 heteroatoms. The van der Waals surface area contributed by atoms with Gasteiger partial charge in [0.05, 0.1) is 17.0 Å². The molecule has 0 saturated carbocycles. The van der Waals surface area contributed by atoms with Gasteiger partial charge in [-0.1, -0.05) is 17.7 Å². The molecule has 2 aromatic rings. The monoisotopic (exact) mass is 289 g/mol. The van der Waals surface area contributed by atoms with Crippen molar-refractivity contribution in [2.45, 2.75) is 27.7 Å². The quantitative estimate of drug-likeness (QED) is 0.919. The molecule has 0 spiro atoms. The Hall–Kier alpha value is -1.94. The average molecular weight is 290 g/mol. The van der Waals surface area contributed by atoms with Gasteiger partial charge in [0.15, 0.2) is 0 Å². The summed E-state index contributed by atoms with van der Waals surface area (Å²) in [5.41, 5.74) is 3.39. The fraction of sp³-hybridized carbons (Fsp3) is 0.267. The van der Waals surface area contributed by atoms with E-state index in [1.807, 2.05) is 19.9 Å². The number of carbonyl (C=O) groups excluding carboxylic acids is 1. The Kier molecular flexibility index (Phi) is 4.04. The first-order valence-corrected chi connectivity index (χ1v) is 6.66. The van der Waals surface area contributed by atoms with Crippen LogP contribution in [-0.4, -0.2) is 15.9 Å². The second-order valence-electron chi connectivity index (χ2n) is 4.68. The number of rotatable bonds is 2. The standard InChI is InChI=1S/C15H16ClN3O/c1-8-12(16)6-5-7-13(8)19-15(20)14-9(2)17-11(4)18-10(14)3/h5-7H,1-4H3,(H,19,20). The van der Waals surface area contributed by atoms with Crippen LogP contribution < -0.4 is 5.32 Å². The third-order valence-electron chi connectivity index (χ3n) is 3.13. The van der Waals surface area contributed by atoms with E-state index >= 15 is 0 Å². The molecule has 0 aliphatic rings. The molecule has 0 unspecified atom stereocenters. The van der Waals surface area contributed by atoms with E-state index in [-0.39, 0.29) is 5.91 Å². The van der Waals surface area contributed by atoms with E-state index in [0.717, 1.165) is 5.56 Å². The van der Waals surface area contributed by atoms with Gasteiger partial charge in [-0.2, -0.15) is 0 Å². The van der Waals surface area contributed by atoms with Gasteiger partial charge in [0.25, 0.3) is 5.91 Å². The molecule has 0 aliphatic carbocycles. The molecule has 0 aliphatic heterocycles. The minimum Gasteiger partial charge on any atom is -0.322 e. The fourth-order valence-electron chi connectivity index (χ4n) is 2.14. The summed E-state index contributed by atoms with van der Waals surface area (Å²) in [4.78, 5) is 20.9. The first-order valence-electron chi connectivity index (χ1n) is 6.28. The lowest BCUT2D eigenvalue weighted by Gasteiger charge is -2.12. The second-order valence-corrected chi connectivity index (χ2v) is 5.09. The number of hydrogen-bond donors (Lipinski definition) is 1. The minimum atomic E-state index is -0.217. The highest BCUT2D eigenvalue weighted by atomic mass is 35.5. The zero-order valence-corrected chi connectivity index (χ0v) is 12.7. The van der Waals surface area contributed by atoms with E-state index in [9.17, 15) is 4.79 Å². The number of anilines is 1. The van der Waals surface area contributed by atoms with Crippen molar-refractivity contribution in [1.82, 2.24) is 9.97 Å². The summed E-state index contributed by atoms with van der Waals surface area (Å²) in [6, 6.07) is 5.41. The molecule has 1 aromatic heterocycles. The molecule has 1 aromatic carbocycles. The van der Waals surface area contributed by atoms with Crippen molar-refractivity contribution in [3.05, 3.63) is 51.6 Å². The normalized spacial score (nSPS) is 10.4. The minimum absolute atomic E-state index is 0.217. The molecule has 0 bridgehead atoms. The van der Waals surface area contributed by atoms with E-state index in [0.29, 0.717) is 33.5 Å². The molecule has 1 N–H and O–H groups in total. The van der Waals surface area contributed by atoms with Crippen LogP contribution in [0, 0.1) is 27.7 Å². The SMILES string of the molecule is Cc1nc(C)c(C(=O)Nc2cccc(Cl)c2C)c(C)n1. The molecule has 20 heavy (non-hydrogen) atoms. The zero-order valence-electron chi connectivity index (χ0n) is 11.9. The lowest BCUT2D eigenvalue weighted by atomic mass is 10.1. The number of hydrogen-bond acceptors (Lipinski definition) is 3. The van der Waals surface area contributed by atoms with Gasteiger partial charge in [-0.15, -0.1) is 0 Å². The Bertz CT molecular complexity index is 660. The zero-order chi connectivity index (χ0) is 14.9. The van der Waals surface area contributed by atoms with E-state index < -0.39 is 0 Å². The maximum absolute atomic E-state index is 12.4. The van der Waals surface area contributed by atoms with Gasteiger partial charge >= 0.3 is 0 Å². The van der Waals surface area contributed by atoms with E-state index in [4.69, 9.17) is 11.6 Å². The number of benzene rings is 1. The molecule has 1 amide bonds. The third kappa shape index (κ3) is 2.80. The van der Waals surface area contributed by atoms with Crippen molar-refractivity contribution >= 4 is 23.2 Å². The van der Waals surface area contributed by atoms with Crippen LogP contribution in [0.4, 0.5) is 5.69 Å². The van der Waals surface area contributed by atoms with Gasteiger partial charge in [-0.25, -0.2) is 9.97 Å². The first-order chi connectivity index (χ1) is 9.40. The molecule has 1 heterocycles. The Morgan fingerprint density at radius 1 is 1.10 bits per heavy atom. The van der Waals surface area contributed by atoms with Crippen molar-refractivity contribution < 1.29 is 4.79 Å². The van der Waals surface area contributed by atoms with Crippen LogP contribution in [0.25, 0.3) is 0 Å².